The van der Waals surface area contributed by atoms with Gasteiger partial charge >= 0.3 is 0 Å². The highest BCUT2D eigenvalue weighted by Crippen LogP contribution is 2.30. The molecule has 0 fully saturated rings. The van der Waals surface area contributed by atoms with E-state index >= 15 is 0 Å². The molecule has 8 heteroatoms. The van der Waals surface area contributed by atoms with Crippen molar-refractivity contribution >= 4 is 34.4 Å². The average Bonchev–Trinajstić information content (AvgIpc) is 3.25. The Morgan fingerprint density at radius 1 is 1.18 bits per heavy atom. The molecule has 0 spiro atoms. The molecule has 2 amide bonds. The summed E-state index contributed by atoms with van der Waals surface area (Å²) in [7, 11) is 1.58. The van der Waals surface area contributed by atoms with Crippen molar-refractivity contribution in [2.24, 2.45) is 0 Å². The van der Waals surface area contributed by atoms with Gasteiger partial charge in [-0.1, -0.05) is 35.6 Å². The van der Waals surface area contributed by atoms with Gasteiger partial charge < -0.3 is 14.4 Å². The summed E-state index contributed by atoms with van der Waals surface area (Å²) in [5, 5.41) is 3.36. The van der Waals surface area contributed by atoms with E-state index in [1.165, 1.54) is 17.4 Å². The van der Waals surface area contributed by atoms with Crippen molar-refractivity contribution in [3.05, 3.63) is 76.3 Å². The molecule has 1 N–H and O–H groups in total. The van der Waals surface area contributed by atoms with Crippen LogP contribution < -0.4 is 14.8 Å². The van der Waals surface area contributed by atoms with Gasteiger partial charge in [-0.2, -0.15) is 0 Å². The number of ether oxygens (including phenoxy) is 2. The fourth-order valence-corrected chi connectivity index (χ4v) is 4.59. The number of rotatable bonds is 7. The molecule has 1 aliphatic rings. The van der Waals surface area contributed by atoms with E-state index in [9.17, 15) is 9.59 Å². The lowest BCUT2D eigenvalue weighted by atomic mass is 10.1. The molecule has 33 heavy (non-hydrogen) atoms. The lowest BCUT2D eigenvalue weighted by Crippen LogP contribution is -2.35. The number of nitrogens with one attached hydrogen (secondary N) is 1. The van der Waals surface area contributed by atoms with Crippen LogP contribution in [0.1, 0.15) is 33.4 Å². The highest BCUT2D eigenvalue weighted by Gasteiger charge is 2.25. The van der Waals surface area contributed by atoms with Crippen molar-refractivity contribution in [3.8, 4) is 11.5 Å². The molecular formula is C25H25N3O4S. The summed E-state index contributed by atoms with van der Waals surface area (Å²) in [5.41, 5.74) is 2.43. The minimum atomic E-state index is -0.272. The molecule has 0 radical (unpaired) electrons. The van der Waals surface area contributed by atoms with Crippen LogP contribution in [-0.2, 0) is 17.8 Å². The largest absolute Gasteiger partial charge is 0.493 e. The molecule has 2 aromatic carbocycles. The second-order valence-electron chi connectivity index (χ2n) is 7.40. The number of fused-ring (bicyclic) bond motifs is 1. The van der Waals surface area contributed by atoms with E-state index in [0.29, 0.717) is 48.3 Å². The summed E-state index contributed by atoms with van der Waals surface area (Å²) in [5.74, 6) is 1.01. The molecule has 0 unspecified atom stereocenters. The second-order valence-corrected chi connectivity index (χ2v) is 8.48. The van der Waals surface area contributed by atoms with Gasteiger partial charge in [0.05, 0.1) is 26.0 Å². The SMILES string of the molecule is CCOc1ccc(/C=C/C(=O)Nc2nc3c(s2)CN(C(=O)c2ccccc2)CC3)cc1OC. The number of carbonyl (C=O) groups is 2. The fourth-order valence-electron chi connectivity index (χ4n) is 3.57. The maximum atomic E-state index is 12.7. The zero-order valence-corrected chi connectivity index (χ0v) is 19.4. The van der Waals surface area contributed by atoms with E-state index in [0.717, 1.165) is 16.1 Å². The van der Waals surface area contributed by atoms with Crippen molar-refractivity contribution in [2.75, 3.05) is 25.6 Å². The number of nitrogens with zero attached hydrogens (tertiary/aromatic N) is 2. The Kier molecular flexibility index (Phi) is 7.04. The number of hydrogen-bond donors (Lipinski definition) is 1. The van der Waals surface area contributed by atoms with E-state index in [1.807, 2.05) is 60.4 Å². The maximum absolute atomic E-state index is 12.7. The van der Waals surface area contributed by atoms with Crippen molar-refractivity contribution in [1.29, 1.82) is 0 Å². The van der Waals surface area contributed by atoms with E-state index < -0.39 is 0 Å². The number of benzene rings is 2. The summed E-state index contributed by atoms with van der Waals surface area (Å²) in [6, 6.07) is 14.7. The zero-order valence-electron chi connectivity index (χ0n) is 18.5. The molecule has 0 atom stereocenters. The van der Waals surface area contributed by atoms with Crippen molar-refractivity contribution in [3.63, 3.8) is 0 Å². The van der Waals surface area contributed by atoms with Crippen LogP contribution in [0.4, 0.5) is 5.13 Å². The van der Waals surface area contributed by atoms with Crippen molar-refractivity contribution in [2.45, 2.75) is 19.9 Å². The number of aromatic nitrogens is 1. The molecule has 170 valence electrons. The first-order valence-corrected chi connectivity index (χ1v) is 11.5. The second kappa shape index (κ2) is 10.3. The van der Waals surface area contributed by atoms with Gasteiger partial charge in [0.2, 0.25) is 5.91 Å². The average molecular weight is 464 g/mol. The van der Waals surface area contributed by atoms with Gasteiger partial charge in [0.25, 0.3) is 5.91 Å². The topological polar surface area (TPSA) is 80.8 Å². The summed E-state index contributed by atoms with van der Waals surface area (Å²) < 4.78 is 10.9. The summed E-state index contributed by atoms with van der Waals surface area (Å²) in [6.07, 6.45) is 3.84. The summed E-state index contributed by atoms with van der Waals surface area (Å²) in [6.45, 7) is 3.56. The van der Waals surface area contributed by atoms with Crippen LogP contribution in [0.2, 0.25) is 0 Å². The van der Waals surface area contributed by atoms with Crippen molar-refractivity contribution < 1.29 is 19.1 Å². The maximum Gasteiger partial charge on any atom is 0.254 e. The van der Waals surface area contributed by atoms with Crippen LogP contribution in [0.3, 0.4) is 0 Å². The predicted octanol–water partition coefficient (Wildman–Crippen LogP) is 4.40. The Hall–Kier alpha value is -3.65. The molecular weight excluding hydrogens is 438 g/mol. The lowest BCUT2D eigenvalue weighted by Gasteiger charge is -2.26. The smallest absolute Gasteiger partial charge is 0.254 e. The highest BCUT2D eigenvalue weighted by molar-refractivity contribution is 7.15. The molecule has 3 aromatic rings. The van der Waals surface area contributed by atoms with Crippen LogP contribution in [0.25, 0.3) is 6.08 Å². The standard InChI is InChI=1S/C25H25N3O4S/c1-3-32-20-11-9-17(15-21(20)31-2)10-12-23(29)27-25-26-19-13-14-28(16-22(19)33-25)24(30)18-7-5-4-6-8-18/h4-12,15H,3,13-14,16H2,1-2H3,(H,26,27,29)/b12-10+. The van der Waals surface area contributed by atoms with Gasteiger partial charge in [0.1, 0.15) is 0 Å². The van der Waals surface area contributed by atoms with Gasteiger partial charge in [0, 0.05) is 29.5 Å². The van der Waals surface area contributed by atoms with E-state index in [-0.39, 0.29) is 11.8 Å². The van der Waals surface area contributed by atoms with E-state index in [4.69, 9.17) is 9.47 Å². The number of hydrogen-bond acceptors (Lipinski definition) is 6. The normalized spacial score (nSPS) is 13.0. The molecule has 1 aliphatic heterocycles. The van der Waals surface area contributed by atoms with E-state index in [1.54, 1.807) is 13.2 Å². The summed E-state index contributed by atoms with van der Waals surface area (Å²) in [4.78, 5) is 32.5. The van der Waals surface area contributed by atoms with Crippen molar-refractivity contribution in [1.82, 2.24) is 9.88 Å². The predicted molar refractivity (Wildman–Crippen MR) is 129 cm³/mol. The molecule has 7 nitrogen and oxygen atoms in total. The third kappa shape index (κ3) is 5.40. The minimum absolute atomic E-state index is 0.00829. The van der Waals surface area contributed by atoms with Crippen LogP contribution in [0.15, 0.2) is 54.6 Å². The van der Waals surface area contributed by atoms with Crippen LogP contribution in [-0.4, -0.2) is 42.0 Å². The highest BCUT2D eigenvalue weighted by atomic mass is 32.1. The molecule has 2 heterocycles. The summed E-state index contributed by atoms with van der Waals surface area (Å²) >= 11 is 1.41. The number of thiazole rings is 1. The van der Waals surface area contributed by atoms with Gasteiger partial charge in [-0.15, -0.1) is 0 Å². The molecule has 0 saturated carbocycles. The Morgan fingerprint density at radius 3 is 2.76 bits per heavy atom. The Bertz CT molecular complexity index is 1170. The third-order valence-electron chi connectivity index (χ3n) is 5.18. The first-order chi connectivity index (χ1) is 16.1. The molecule has 4 rings (SSSR count). The molecule has 0 bridgehead atoms. The Balaban J connectivity index is 1.38. The van der Waals surface area contributed by atoms with Gasteiger partial charge in [-0.05, 0) is 42.8 Å². The van der Waals surface area contributed by atoms with Gasteiger partial charge in [-0.25, -0.2) is 4.98 Å². The Labute approximate surface area is 196 Å². The first-order valence-electron chi connectivity index (χ1n) is 10.7. The van der Waals surface area contributed by atoms with Gasteiger partial charge in [-0.3, -0.25) is 14.9 Å². The zero-order chi connectivity index (χ0) is 23.2. The van der Waals surface area contributed by atoms with Gasteiger partial charge in [0.15, 0.2) is 16.6 Å². The van der Waals surface area contributed by atoms with Crippen LogP contribution >= 0.6 is 11.3 Å². The van der Waals surface area contributed by atoms with Crippen LogP contribution in [0, 0.1) is 0 Å². The third-order valence-corrected chi connectivity index (χ3v) is 6.18. The Morgan fingerprint density at radius 2 is 2.00 bits per heavy atom. The lowest BCUT2D eigenvalue weighted by molar-refractivity contribution is -0.111. The molecule has 1 aromatic heterocycles. The quantitative estimate of drug-likeness (QED) is 0.525. The monoisotopic (exact) mass is 463 g/mol. The number of amides is 2. The first kappa shape index (κ1) is 22.5. The number of carbonyl (C=O) groups excluding carboxylic acids is 2. The molecule has 0 aliphatic carbocycles. The fraction of sp³-hybridized carbons (Fsp3) is 0.240. The molecule has 0 saturated heterocycles. The minimum Gasteiger partial charge on any atom is -0.493 e. The van der Waals surface area contributed by atoms with E-state index in [2.05, 4.69) is 10.3 Å². The number of methoxy groups -OCH3 is 1. The van der Waals surface area contributed by atoms with Crippen LogP contribution in [0.5, 0.6) is 11.5 Å². The number of anilines is 1.